The van der Waals surface area contributed by atoms with Crippen molar-refractivity contribution in [2.45, 2.75) is 25.4 Å². The lowest BCUT2D eigenvalue weighted by atomic mass is 10.1. The lowest BCUT2D eigenvalue weighted by molar-refractivity contribution is -0.000171. The minimum absolute atomic E-state index is 0.0409. The third-order valence-corrected chi connectivity index (χ3v) is 3.52. The monoisotopic (exact) mass is 262 g/mol. The molecule has 1 atom stereocenters. The Morgan fingerprint density at radius 1 is 1.42 bits per heavy atom. The van der Waals surface area contributed by atoms with E-state index in [1.165, 1.54) is 6.42 Å². The zero-order valence-electron chi connectivity index (χ0n) is 11.7. The van der Waals surface area contributed by atoms with Crippen LogP contribution in [0.25, 0.3) is 0 Å². The maximum absolute atomic E-state index is 12.4. The Morgan fingerprint density at radius 2 is 2.21 bits per heavy atom. The normalized spacial score (nSPS) is 18.9. The van der Waals surface area contributed by atoms with Crippen molar-refractivity contribution in [2.75, 3.05) is 32.6 Å². The predicted molar refractivity (Wildman–Crippen MR) is 76.5 cm³/mol. The molecular weight excluding hydrogens is 240 g/mol. The maximum atomic E-state index is 12.4. The molecule has 0 aromatic heterocycles. The number of amides is 1. The number of carbonyl (C=O) groups is 1. The summed E-state index contributed by atoms with van der Waals surface area (Å²) in [5.74, 6) is 0.0409. The van der Waals surface area contributed by atoms with Gasteiger partial charge in [0, 0.05) is 32.9 Å². The van der Waals surface area contributed by atoms with Crippen molar-refractivity contribution in [2.24, 2.45) is 0 Å². The van der Waals surface area contributed by atoms with E-state index in [0.717, 1.165) is 25.1 Å². The molecule has 1 aliphatic rings. The van der Waals surface area contributed by atoms with Gasteiger partial charge in [0.2, 0.25) is 0 Å². The van der Waals surface area contributed by atoms with Gasteiger partial charge in [0.05, 0.1) is 11.7 Å². The van der Waals surface area contributed by atoms with Gasteiger partial charge < -0.3 is 15.0 Å². The molecule has 0 saturated carbocycles. The molecule has 1 N–H and O–H groups in total. The zero-order chi connectivity index (χ0) is 13.7. The lowest BCUT2D eigenvalue weighted by Crippen LogP contribution is -2.37. The van der Waals surface area contributed by atoms with Crippen molar-refractivity contribution in [3.8, 4) is 0 Å². The summed E-state index contributed by atoms with van der Waals surface area (Å²) < 4.78 is 5.68. The molecule has 1 amide bonds. The minimum atomic E-state index is 0.0409. The van der Waals surface area contributed by atoms with Crippen LogP contribution in [0.1, 0.15) is 29.6 Å². The highest BCUT2D eigenvalue weighted by atomic mass is 16.5. The summed E-state index contributed by atoms with van der Waals surface area (Å²) in [7, 11) is 3.67. The van der Waals surface area contributed by atoms with E-state index in [-0.39, 0.29) is 12.0 Å². The Morgan fingerprint density at radius 3 is 2.89 bits per heavy atom. The van der Waals surface area contributed by atoms with Gasteiger partial charge in [0.15, 0.2) is 0 Å². The van der Waals surface area contributed by atoms with Crippen molar-refractivity contribution in [1.29, 1.82) is 0 Å². The van der Waals surface area contributed by atoms with Crippen LogP contribution in [0.4, 0.5) is 5.69 Å². The summed E-state index contributed by atoms with van der Waals surface area (Å²) in [6.45, 7) is 1.48. The fraction of sp³-hybridized carbons (Fsp3) is 0.533. The van der Waals surface area contributed by atoms with Gasteiger partial charge in [-0.15, -0.1) is 0 Å². The van der Waals surface area contributed by atoms with Crippen LogP contribution >= 0.6 is 0 Å². The summed E-state index contributed by atoms with van der Waals surface area (Å²) in [5, 5.41) is 3.06. The summed E-state index contributed by atoms with van der Waals surface area (Å²) in [4.78, 5) is 14.2. The molecule has 1 aromatic rings. The van der Waals surface area contributed by atoms with Crippen molar-refractivity contribution in [3.05, 3.63) is 29.8 Å². The highest BCUT2D eigenvalue weighted by molar-refractivity contribution is 5.99. The van der Waals surface area contributed by atoms with Gasteiger partial charge in [-0.25, -0.2) is 0 Å². The average molecular weight is 262 g/mol. The summed E-state index contributed by atoms with van der Waals surface area (Å²) in [6, 6.07) is 7.58. The Kier molecular flexibility index (Phi) is 4.80. The molecule has 0 spiro atoms. The minimum Gasteiger partial charge on any atom is -0.387 e. The molecule has 104 valence electrons. The van der Waals surface area contributed by atoms with E-state index in [4.69, 9.17) is 4.74 Å². The van der Waals surface area contributed by atoms with E-state index < -0.39 is 0 Å². The van der Waals surface area contributed by atoms with Crippen molar-refractivity contribution in [3.63, 3.8) is 0 Å². The van der Waals surface area contributed by atoms with Crippen LogP contribution in [0.2, 0.25) is 0 Å². The van der Waals surface area contributed by atoms with Gasteiger partial charge in [-0.1, -0.05) is 12.1 Å². The van der Waals surface area contributed by atoms with E-state index in [9.17, 15) is 4.79 Å². The van der Waals surface area contributed by atoms with Crippen LogP contribution in [0, 0.1) is 0 Å². The van der Waals surface area contributed by atoms with Gasteiger partial charge in [-0.3, -0.25) is 4.79 Å². The topological polar surface area (TPSA) is 41.6 Å². The molecule has 1 aliphatic heterocycles. The number of anilines is 1. The first-order valence-corrected chi connectivity index (χ1v) is 6.86. The molecule has 0 bridgehead atoms. The number of likely N-dealkylation sites (N-methyl/N-ethyl adjacent to an activating group) is 1. The van der Waals surface area contributed by atoms with Gasteiger partial charge in [0.25, 0.3) is 5.91 Å². The molecule has 1 aromatic carbocycles. The van der Waals surface area contributed by atoms with Crippen LogP contribution in [0.5, 0.6) is 0 Å². The number of rotatable bonds is 4. The molecule has 1 saturated heterocycles. The van der Waals surface area contributed by atoms with Crippen LogP contribution in [-0.2, 0) is 4.74 Å². The molecule has 4 nitrogen and oxygen atoms in total. The number of nitrogens with zero attached hydrogens (tertiary/aromatic N) is 1. The predicted octanol–water partition coefficient (Wildman–Crippen LogP) is 2.37. The van der Waals surface area contributed by atoms with E-state index in [0.29, 0.717) is 12.1 Å². The first-order valence-electron chi connectivity index (χ1n) is 6.86. The summed E-state index contributed by atoms with van der Waals surface area (Å²) in [5.41, 5.74) is 1.58. The number of nitrogens with one attached hydrogen (secondary N) is 1. The van der Waals surface area contributed by atoms with Gasteiger partial charge >= 0.3 is 0 Å². The fourth-order valence-electron chi connectivity index (χ4n) is 2.43. The van der Waals surface area contributed by atoms with E-state index in [1.54, 1.807) is 4.90 Å². The van der Waals surface area contributed by atoms with E-state index in [2.05, 4.69) is 5.32 Å². The van der Waals surface area contributed by atoms with Crippen molar-refractivity contribution < 1.29 is 9.53 Å². The van der Waals surface area contributed by atoms with E-state index in [1.807, 2.05) is 38.4 Å². The molecule has 0 radical (unpaired) electrons. The number of hydrogen-bond acceptors (Lipinski definition) is 3. The Bertz CT molecular complexity index is 428. The second-order valence-corrected chi connectivity index (χ2v) is 4.97. The third kappa shape index (κ3) is 3.47. The Hall–Kier alpha value is -1.55. The summed E-state index contributed by atoms with van der Waals surface area (Å²) in [6.07, 6.45) is 3.56. The average Bonchev–Trinajstić information content (AvgIpc) is 2.47. The fourth-order valence-corrected chi connectivity index (χ4v) is 2.43. The third-order valence-electron chi connectivity index (χ3n) is 3.52. The molecule has 4 heteroatoms. The SMILES string of the molecule is CNc1ccccc1C(=O)N(C)CC1CCCCO1. The lowest BCUT2D eigenvalue weighted by Gasteiger charge is -2.27. The van der Waals surface area contributed by atoms with Gasteiger partial charge in [-0.2, -0.15) is 0 Å². The van der Waals surface area contributed by atoms with Crippen molar-refractivity contribution >= 4 is 11.6 Å². The largest absolute Gasteiger partial charge is 0.387 e. The van der Waals surface area contributed by atoms with Gasteiger partial charge in [0.1, 0.15) is 0 Å². The van der Waals surface area contributed by atoms with Crippen LogP contribution in [-0.4, -0.2) is 44.2 Å². The standard InChI is InChI=1S/C15H22N2O2/c1-16-14-9-4-3-8-13(14)15(18)17(2)11-12-7-5-6-10-19-12/h3-4,8-9,12,16H,5-7,10-11H2,1-2H3. The smallest absolute Gasteiger partial charge is 0.255 e. The number of ether oxygens (including phenoxy) is 1. The highest BCUT2D eigenvalue weighted by Crippen LogP contribution is 2.18. The highest BCUT2D eigenvalue weighted by Gasteiger charge is 2.20. The first-order chi connectivity index (χ1) is 9.22. The Labute approximate surface area is 114 Å². The second-order valence-electron chi connectivity index (χ2n) is 4.97. The molecule has 1 fully saturated rings. The van der Waals surface area contributed by atoms with Crippen LogP contribution < -0.4 is 5.32 Å². The Balaban J connectivity index is 2.01. The number of para-hydroxylation sites is 1. The van der Waals surface area contributed by atoms with E-state index >= 15 is 0 Å². The zero-order valence-corrected chi connectivity index (χ0v) is 11.7. The van der Waals surface area contributed by atoms with Crippen LogP contribution in [0.3, 0.4) is 0 Å². The summed E-state index contributed by atoms with van der Waals surface area (Å²) >= 11 is 0. The number of carbonyl (C=O) groups excluding carboxylic acids is 1. The first kappa shape index (κ1) is 13.9. The molecule has 1 heterocycles. The molecule has 0 aliphatic carbocycles. The molecule has 19 heavy (non-hydrogen) atoms. The van der Waals surface area contributed by atoms with Crippen molar-refractivity contribution in [1.82, 2.24) is 4.90 Å². The molecule has 2 rings (SSSR count). The number of hydrogen-bond donors (Lipinski definition) is 1. The quantitative estimate of drug-likeness (QED) is 0.905. The maximum Gasteiger partial charge on any atom is 0.255 e. The molecule has 1 unspecified atom stereocenters. The van der Waals surface area contributed by atoms with Crippen LogP contribution in [0.15, 0.2) is 24.3 Å². The van der Waals surface area contributed by atoms with Gasteiger partial charge in [-0.05, 0) is 31.4 Å². The molecular formula is C15H22N2O2. The number of benzene rings is 1. The second kappa shape index (κ2) is 6.57.